The van der Waals surface area contributed by atoms with Crippen LogP contribution in [0.3, 0.4) is 0 Å². The molecule has 0 aliphatic carbocycles. The van der Waals surface area contributed by atoms with E-state index in [-0.39, 0.29) is 12.5 Å². The molecule has 0 bridgehead atoms. The second kappa shape index (κ2) is 5.00. The second-order valence-electron chi connectivity index (χ2n) is 3.98. The zero-order valence-corrected chi connectivity index (χ0v) is 10.3. The standard InChI is InChI=1S/C13H14N2O3/c1-3-18-13(16)8-15-9(2)7-10-11(14-17)5-4-6-12(10)15/h4-7H,3,8H2,1-2H3. The minimum absolute atomic E-state index is 0.144. The van der Waals surface area contributed by atoms with E-state index < -0.39 is 0 Å². The summed E-state index contributed by atoms with van der Waals surface area (Å²) >= 11 is 0. The Morgan fingerprint density at radius 2 is 2.22 bits per heavy atom. The number of hydrogen-bond acceptors (Lipinski definition) is 4. The van der Waals surface area contributed by atoms with Gasteiger partial charge in [-0.1, -0.05) is 6.07 Å². The van der Waals surface area contributed by atoms with Crippen LogP contribution in [0.5, 0.6) is 0 Å². The van der Waals surface area contributed by atoms with E-state index in [1.54, 1.807) is 19.1 Å². The molecule has 18 heavy (non-hydrogen) atoms. The molecule has 0 amide bonds. The third kappa shape index (κ3) is 2.11. The lowest BCUT2D eigenvalue weighted by atomic mass is 10.2. The van der Waals surface area contributed by atoms with Crippen molar-refractivity contribution in [2.24, 2.45) is 5.18 Å². The van der Waals surface area contributed by atoms with Crippen molar-refractivity contribution < 1.29 is 9.53 Å². The van der Waals surface area contributed by atoms with Crippen LogP contribution in [0.25, 0.3) is 10.9 Å². The molecule has 0 aliphatic rings. The van der Waals surface area contributed by atoms with Crippen molar-refractivity contribution in [1.82, 2.24) is 4.57 Å². The normalized spacial score (nSPS) is 10.6. The van der Waals surface area contributed by atoms with Crippen LogP contribution in [0.1, 0.15) is 12.6 Å². The highest BCUT2D eigenvalue weighted by Crippen LogP contribution is 2.28. The van der Waals surface area contributed by atoms with Crippen LogP contribution in [0.4, 0.5) is 5.69 Å². The number of rotatable bonds is 4. The topological polar surface area (TPSA) is 60.7 Å². The van der Waals surface area contributed by atoms with Gasteiger partial charge in [-0.05, 0) is 37.2 Å². The predicted molar refractivity (Wildman–Crippen MR) is 68.8 cm³/mol. The fraction of sp³-hybridized carbons (Fsp3) is 0.308. The largest absolute Gasteiger partial charge is 0.465 e. The van der Waals surface area contributed by atoms with Crippen molar-refractivity contribution >= 4 is 22.6 Å². The fourth-order valence-corrected chi connectivity index (χ4v) is 2.03. The van der Waals surface area contributed by atoms with E-state index in [0.717, 1.165) is 16.6 Å². The minimum atomic E-state index is -0.289. The Kier molecular flexibility index (Phi) is 3.41. The van der Waals surface area contributed by atoms with Gasteiger partial charge in [0.05, 0.1) is 12.1 Å². The molecule has 2 rings (SSSR count). The number of aryl methyl sites for hydroxylation is 1. The lowest BCUT2D eigenvalue weighted by Gasteiger charge is -2.07. The second-order valence-corrected chi connectivity index (χ2v) is 3.98. The maximum Gasteiger partial charge on any atom is 0.325 e. The molecule has 0 N–H and O–H groups in total. The summed E-state index contributed by atoms with van der Waals surface area (Å²) < 4.78 is 6.75. The molecular weight excluding hydrogens is 232 g/mol. The van der Waals surface area contributed by atoms with Gasteiger partial charge in [-0.15, -0.1) is 4.91 Å². The molecule has 0 unspecified atom stereocenters. The summed E-state index contributed by atoms with van der Waals surface area (Å²) in [7, 11) is 0. The number of nitrogens with zero attached hydrogens (tertiary/aromatic N) is 2. The molecule has 1 aromatic heterocycles. The third-order valence-corrected chi connectivity index (χ3v) is 2.82. The summed E-state index contributed by atoms with van der Waals surface area (Å²) in [6, 6.07) is 7.12. The maximum atomic E-state index is 11.5. The molecule has 0 radical (unpaired) electrons. The number of ether oxygens (including phenoxy) is 1. The molecule has 0 spiro atoms. The predicted octanol–water partition coefficient (Wildman–Crippen LogP) is 2.91. The molecule has 5 nitrogen and oxygen atoms in total. The Morgan fingerprint density at radius 3 is 2.89 bits per heavy atom. The van der Waals surface area contributed by atoms with Crippen molar-refractivity contribution in [1.29, 1.82) is 0 Å². The molecule has 5 heteroatoms. The van der Waals surface area contributed by atoms with Crippen molar-refractivity contribution in [2.75, 3.05) is 6.61 Å². The Labute approximate surface area is 104 Å². The average Bonchev–Trinajstić information content (AvgIpc) is 2.66. The fourth-order valence-electron chi connectivity index (χ4n) is 2.03. The number of aromatic nitrogens is 1. The van der Waals surface area contributed by atoms with Crippen LogP contribution in [0.15, 0.2) is 29.4 Å². The van der Waals surface area contributed by atoms with Gasteiger partial charge in [0.15, 0.2) is 0 Å². The van der Waals surface area contributed by atoms with Gasteiger partial charge in [0, 0.05) is 11.1 Å². The summed E-state index contributed by atoms with van der Waals surface area (Å²) in [6.07, 6.45) is 0. The summed E-state index contributed by atoms with van der Waals surface area (Å²) in [4.78, 5) is 22.2. The van der Waals surface area contributed by atoms with Crippen LogP contribution < -0.4 is 0 Å². The number of carbonyl (C=O) groups excluding carboxylic acids is 1. The monoisotopic (exact) mass is 246 g/mol. The van der Waals surface area contributed by atoms with Crippen molar-refractivity contribution in [2.45, 2.75) is 20.4 Å². The molecule has 0 fully saturated rings. The zero-order chi connectivity index (χ0) is 13.1. The molecule has 0 saturated carbocycles. The molecular formula is C13H14N2O3. The molecule has 94 valence electrons. The number of hydrogen-bond donors (Lipinski definition) is 0. The van der Waals surface area contributed by atoms with Crippen molar-refractivity contribution in [3.63, 3.8) is 0 Å². The highest BCUT2D eigenvalue weighted by Gasteiger charge is 2.12. The molecule has 1 aromatic carbocycles. The summed E-state index contributed by atoms with van der Waals surface area (Å²) in [5.41, 5.74) is 2.10. The number of esters is 1. The van der Waals surface area contributed by atoms with Crippen LogP contribution >= 0.6 is 0 Å². The quantitative estimate of drug-likeness (QED) is 0.615. The van der Waals surface area contributed by atoms with E-state index >= 15 is 0 Å². The highest BCUT2D eigenvalue weighted by molar-refractivity contribution is 5.92. The Hall–Kier alpha value is -2.17. The van der Waals surface area contributed by atoms with E-state index in [9.17, 15) is 9.70 Å². The highest BCUT2D eigenvalue weighted by atomic mass is 16.5. The van der Waals surface area contributed by atoms with Gasteiger partial charge < -0.3 is 9.30 Å². The van der Waals surface area contributed by atoms with E-state index in [1.807, 2.05) is 23.6 Å². The van der Waals surface area contributed by atoms with E-state index in [2.05, 4.69) is 5.18 Å². The van der Waals surface area contributed by atoms with Gasteiger partial charge in [0.1, 0.15) is 12.2 Å². The summed E-state index contributed by atoms with van der Waals surface area (Å²) in [6.45, 7) is 4.16. The van der Waals surface area contributed by atoms with E-state index in [0.29, 0.717) is 12.3 Å². The van der Waals surface area contributed by atoms with Crippen LogP contribution in [-0.4, -0.2) is 17.1 Å². The minimum Gasteiger partial charge on any atom is -0.465 e. The van der Waals surface area contributed by atoms with E-state index in [1.165, 1.54) is 0 Å². The van der Waals surface area contributed by atoms with Gasteiger partial charge >= 0.3 is 5.97 Å². The first-order valence-corrected chi connectivity index (χ1v) is 5.75. The van der Waals surface area contributed by atoms with E-state index in [4.69, 9.17) is 4.74 Å². The van der Waals surface area contributed by atoms with Crippen LogP contribution in [0.2, 0.25) is 0 Å². The number of fused-ring (bicyclic) bond motifs is 1. The SMILES string of the molecule is CCOC(=O)Cn1c(C)cc2c(N=O)cccc21. The Bertz CT molecular complexity index is 602. The first kappa shape index (κ1) is 12.3. The molecule has 0 aliphatic heterocycles. The number of benzene rings is 1. The molecule has 0 atom stereocenters. The molecule has 0 saturated heterocycles. The van der Waals surface area contributed by atoms with Gasteiger partial charge in [0.25, 0.3) is 0 Å². The first-order valence-electron chi connectivity index (χ1n) is 5.75. The van der Waals surface area contributed by atoms with Gasteiger partial charge in [0.2, 0.25) is 0 Å². The third-order valence-electron chi connectivity index (χ3n) is 2.82. The molecule has 1 heterocycles. The summed E-state index contributed by atoms with van der Waals surface area (Å²) in [5, 5.41) is 3.75. The molecule has 2 aromatic rings. The lowest BCUT2D eigenvalue weighted by molar-refractivity contribution is -0.143. The van der Waals surface area contributed by atoms with Gasteiger partial charge in [-0.25, -0.2) is 0 Å². The summed E-state index contributed by atoms with van der Waals surface area (Å²) in [5.74, 6) is -0.289. The maximum absolute atomic E-state index is 11.5. The number of nitroso groups, excluding NO2 is 1. The van der Waals surface area contributed by atoms with Crippen LogP contribution in [-0.2, 0) is 16.1 Å². The lowest BCUT2D eigenvalue weighted by Crippen LogP contribution is -2.14. The smallest absolute Gasteiger partial charge is 0.325 e. The first-order chi connectivity index (χ1) is 8.67. The Balaban J connectivity index is 2.47. The van der Waals surface area contributed by atoms with Gasteiger partial charge in [-0.3, -0.25) is 4.79 Å². The van der Waals surface area contributed by atoms with Crippen molar-refractivity contribution in [3.8, 4) is 0 Å². The van der Waals surface area contributed by atoms with Gasteiger partial charge in [-0.2, -0.15) is 0 Å². The van der Waals surface area contributed by atoms with Crippen LogP contribution in [0, 0.1) is 11.8 Å². The average molecular weight is 246 g/mol. The van der Waals surface area contributed by atoms with Crippen molar-refractivity contribution in [3.05, 3.63) is 34.9 Å². The Morgan fingerprint density at radius 1 is 1.44 bits per heavy atom. The zero-order valence-electron chi connectivity index (χ0n) is 10.3. The number of carbonyl (C=O) groups is 1.